The van der Waals surface area contributed by atoms with E-state index >= 15 is 0 Å². The van der Waals surface area contributed by atoms with Gasteiger partial charge in [-0.15, -0.1) is 0 Å². The van der Waals surface area contributed by atoms with Crippen LogP contribution in [-0.2, 0) is 22.1 Å². The quantitative estimate of drug-likeness (QED) is 0.484. The molecule has 1 aromatic heterocycles. The molecule has 1 rings (SSSR count). The van der Waals surface area contributed by atoms with Crippen molar-refractivity contribution in [3.63, 3.8) is 0 Å². The Labute approximate surface area is 122 Å². The molecule has 0 bridgehead atoms. The fourth-order valence-corrected chi connectivity index (χ4v) is 3.78. The van der Waals surface area contributed by atoms with E-state index in [-0.39, 0.29) is 5.41 Å². The van der Waals surface area contributed by atoms with Crippen LogP contribution in [0.3, 0.4) is 0 Å². The van der Waals surface area contributed by atoms with E-state index in [0.717, 1.165) is 10.9 Å². The Kier molecular flexibility index (Phi) is 4.93. The number of imidazole rings is 1. The molecule has 0 atom stereocenters. The predicted molar refractivity (Wildman–Crippen MR) is 74.4 cm³/mol. The third kappa shape index (κ3) is 4.47. The summed E-state index contributed by atoms with van der Waals surface area (Å²) >= 11 is 0. The van der Waals surface area contributed by atoms with Gasteiger partial charge in [-0.3, -0.25) is 9.13 Å². The van der Waals surface area contributed by atoms with Crippen LogP contribution in [0.1, 0.15) is 26.5 Å². The van der Waals surface area contributed by atoms with Crippen molar-refractivity contribution in [1.29, 1.82) is 0 Å². The zero-order chi connectivity index (χ0) is 16.7. The van der Waals surface area contributed by atoms with E-state index < -0.39 is 26.8 Å². The van der Waals surface area contributed by atoms with E-state index in [1.807, 2.05) is 20.8 Å². The summed E-state index contributed by atoms with van der Waals surface area (Å²) in [6.07, 6.45) is 3.11. The Morgan fingerprint density at radius 2 is 1.62 bits per heavy atom. The highest BCUT2D eigenvalue weighted by atomic mass is 31.2. The molecule has 0 saturated carbocycles. The largest absolute Gasteiger partial charge is 0.371 e. The third-order valence-electron chi connectivity index (χ3n) is 2.73. The number of hydrogen-bond acceptors (Lipinski definition) is 4. The van der Waals surface area contributed by atoms with Crippen LogP contribution < -0.4 is 0 Å². The maximum absolute atomic E-state index is 11.3. The summed E-state index contributed by atoms with van der Waals surface area (Å²) in [4.78, 5) is 40.2. The van der Waals surface area contributed by atoms with Gasteiger partial charge in [0, 0.05) is 6.20 Å². The molecule has 0 radical (unpaired) electrons. The predicted octanol–water partition coefficient (Wildman–Crippen LogP) is 0.473. The summed E-state index contributed by atoms with van der Waals surface area (Å²) in [5.41, 5.74) is 0.503. The first-order valence-corrected chi connectivity index (χ1v) is 9.22. The van der Waals surface area contributed by atoms with Gasteiger partial charge < -0.3 is 29.2 Å². The molecule has 1 aromatic rings. The summed E-state index contributed by atoms with van der Waals surface area (Å²) in [5, 5.41) is 6.33. The van der Waals surface area contributed by atoms with E-state index in [1.165, 1.54) is 6.20 Å². The molecule has 9 nitrogen and oxygen atoms in total. The van der Waals surface area contributed by atoms with Crippen LogP contribution >= 0.6 is 15.2 Å². The van der Waals surface area contributed by atoms with Crippen molar-refractivity contribution in [2.75, 3.05) is 0 Å². The van der Waals surface area contributed by atoms with E-state index in [9.17, 15) is 14.2 Å². The number of aromatic nitrogens is 2. The molecule has 0 aliphatic carbocycles. The van der Waals surface area contributed by atoms with Gasteiger partial charge in [0.15, 0.2) is 0 Å². The molecule has 0 saturated heterocycles. The molecular weight excluding hydrogens is 322 g/mol. The summed E-state index contributed by atoms with van der Waals surface area (Å²) in [5.74, 6) is 0. The molecule has 0 spiro atoms. The Morgan fingerprint density at radius 1 is 1.14 bits per heavy atom. The van der Waals surface area contributed by atoms with Crippen LogP contribution in [0.5, 0.6) is 0 Å². The highest BCUT2D eigenvalue weighted by Gasteiger charge is 2.59. The van der Waals surface area contributed by atoms with E-state index in [1.54, 1.807) is 0 Å². The third-order valence-corrected chi connectivity index (χ3v) is 6.44. The van der Waals surface area contributed by atoms with Crippen LogP contribution in [0.2, 0.25) is 0 Å². The molecule has 5 N–H and O–H groups in total. The molecule has 0 aliphatic rings. The number of hydrogen-bond donors (Lipinski definition) is 5. The van der Waals surface area contributed by atoms with Gasteiger partial charge in [-0.2, -0.15) is 0 Å². The maximum Gasteiger partial charge on any atom is 0.371 e. The van der Waals surface area contributed by atoms with Crippen LogP contribution in [0.15, 0.2) is 12.5 Å². The van der Waals surface area contributed by atoms with Crippen molar-refractivity contribution < 1.29 is 33.8 Å². The Morgan fingerprint density at radius 3 is 2.00 bits per heavy atom. The minimum absolute atomic E-state index is 0.0814. The molecule has 0 aromatic carbocycles. The van der Waals surface area contributed by atoms with Gasteiger partial charge in [0.25, 0.3) is 5.08 Å². The van der Waals surface area contributed by atoms with Crippen molar-refractivity contribution in [3.8, 4) is 0 Å². The van der Waals surface area contributed by atoms with Gasteiger partial charge in [0.2, 0.25) is 0 Å². The lowest BCUT2D eigenvalue weighted by Gasteiger charge is -2.29. The SMILES string of the molecule is CC(C)(C)Cc1cn(CC(O)(P(=O)(O)O)P(=O)(O)O)cn1. The first-order chi connectivity index (χ1) is 9.16. The fourth-order valence-electron chi connectivity index (χ4n) is 1.73. The lowest BCUT2D eigenvalue weighted by molar-refractivity contribution is 0.115. The van der Waals surface area contributed by atoms with E-state index in [0.29, 0.717) is 12.1 Å². The van der Waals surface area contributed by atoms with Crippen LogP contribution in [0, 0.1) is 5.41 Å². The van der Waals surface area contributed by atoms with Crippen LogP contribution in [0.25, 0.3) is 0 Å². The van der Waals surface area contributed by atoms with Gasteiger partial charge in [0.05, 0.1) is 18.6 Å². The monoisotopic (exact) mass is 342 g/mol. The number of rotatable bonds is 5. The smallest absolute Gasteiger partial charge is 0.366 e. The normalized spacial score (nSPS) is 14.5. The Balaban J connectivity index is 3.08. The molecule has 1 heterocycles. The second-order valence-corrected chi connectivity index (χ2v) is 10.1. The van der Waals surface area contributed by atoms with Crippen molar-refractivity contribution in [1.82, 2.24) is 9.55 Å². The minimum atomic E-state index is -5.46. The topological polar surface area (TPSA) is 153 Å². The highest BCUT2D eigenvalue weighted by molar-refractivity contribution is 7.72. The van der Waals surface area contributed by atoms with Crippen LogP contribution in [-0.4, -0.2) is 39.3 Å². The Hall–Kier alpha value is -0.530. The second kappa shape index (κ2) is 5.59. The molecule has 11 heteroatoms. The second-order valence-electron chi connectivity index (χ2n) is 6.14. The molecular formula is C10H20N2O7P2. The summed E-state index contributed by atoms with van der Waals surface area (Å²) < 4.78 is 23.6. The lowest BCUT2D eigenvalue weighted by atomic mass is 9.91. The molecule has 122 valence electrons. The fraction of sp³-hybridized carbons (Fsp3) is 0.700. The zero-order valence-electron chi connectivity index (χ0n) is 11.9. The van der Waals surface area contributed by atoms with Crippen molar-refractivity contribution in [2.24, 2.45) is 5.41 Å². The zero-order valence-corrected chi connectivity index (χ0v) is 13.7. The van der Waals surface area contributed by atoms with Crippen molar-refractivity contribution in [2.45, 2.75) is 38.8 Å². The molecule has 0 amide bonds. The lowest BCUT2D eigenvalue weighted by Crippen LogP contribution is -2.33. The Bertz CT molecular complexity index is 573. The molecule has 0 fully saturated rings. The van der Waals surface area contributed by atoms with Gasteiger partial charge >= 0.3 is 15.2 Å². The van der Waals surface area contributed by atoms with Gasteiger partial charge in [0.1, 0.15) is 0 Å². The average molecular weight is 342 g/mol. The number of nitrogens with zero attached hydrogens (tertiary/aromatic N) is 2. The molecule has 0 aliphatic heterocycles. The van der Waals surface area contributed by atoms with E-state index in [2.05, 4.69) is 4.98 Å². The molecule has 0 unspecified atom stereocenters. The summed E-state index contributed by atoms with van der Waals surface area (Å²) in [7, 11) is -10.9. The first-order valence-electron chi connectivity index (χ1n) is 6.00. The van der Waals surface area contributed by atoms with E-state index in [4.69, 9.17) is 19.6 Å². The molecule has 21 heavy (non-hydrogen) atoms. The summed E-state index contributed by atoms with van der Waals surface area (Å²) in [6, 6.07) is 0. The standard InChI is InChI=1S/C10H20N2O7P2/c1-9(2,3)4-8-5-12(7-11-8)6-10(13,20(14,15)16)21(17,18)19/h5,7,13H,4,6H2,1-3H3,(H2,14,15,16)(H2,17,18,19). The van der Waals surface area contributed by atoms with Gasteiger partial charge in [-0.1, -0.05) is 20.8 Å². The van der Waals surface area contributed by atoms with Crippen LogP contribution in [0.4, 0.5) is 0 Å². The average Bonchev–Trinajstić information content (AvgIpc) is 2.58. The van der Waals surface area contributed by atoms with Crippen molar-refractivity contribution >= 4 is 15.2 Å². The van der Waals surface area contributed by atoms with Gasteiger partial charge in [-0.25, -0.2) is 4.98 Å². The number of aliphatic hydroxyl groups is 1. The highest BCUT2D eigenvalue weighted by Crippen LogP contribution is 2.67. The minimum Gasteiger partial charge on any atom is -0.366 e. The maximum atomic E-state index is 11.3. The summed E-state index contributed by atoms with van der Waals surface area (Å²) in [6.45, 7) is 4.94. The van der Waals surface area contributed by atoms with Gasteiger partial charge in [-0.05, 0) is 11.8 Å². The van der Waals surface area contributed by atoms with Crippen molar-refractivity contribution in [3.05, 3.63) is 18.2 Å². The first kappa shape index (κ1) is 18.5.